The van der Waals surface area contributed by atoms with E-state index in [1.807, 2.05) is 6.92 Å². The first-order valence-electron chi connectivity index (χ1n) is 6.19. The van der Waals surface area contributed by atoms with Gasteiger partial charge in [0.1, 0.15) is 5.76 Å². The fourth-order valence-corrected chi connectivity index (χ4v) is 2.41. The first-order valence-corrected chi connectivity index (χ1v) is 6.19. The predicted molar refractivity (Wildman–Crippen MR) is 67.2 cm³/mol. The average Bonchev–Trinajstić information content (AvgIpc) is 3.04. The number of rotatable bonds is 5. The molecule has 1 aliphatic heterocycles. The summed E-state index contributed by atoms with van der Waals surface area (Å²) in [6, 6.07) is 3.17. The summed E-state index contributed by atoms with van der Waals surface area (Å²) in [6.07, 6.45) is 0.0581. The molecule has 1 fully saturated rings. The molecule has 1 aromatic rings. The van der Waals surface area contributed by atoms with Crippen LogP contribution in [0, 0.1) is 0 Å². The third kappa shape index (κ3) is 2.80. The summed E-state index contributed by atoms with van der Waals surface area (Å²) in [5, 5.41) is 8.86. The van der Waals surface area contributed by atoms with Gasteiger partial charge < -0.3 is 19.0 Å². The van der Waals surface area contributed by atoms with Crippen LogP contribution in [0.3, 0.4) is 0 Å². The molecule has 2 heterocycles. The van der Waals surface area contributed by atoms with E-state index < -0.39 is 5.97 Å². The van der Waals surface area contributed by atoms with Gasteiger partial charge in [-0.1, -0.05) is 0 Å². The van der Waals surface area contributed by atoms with Gasteiger partial charge in [0.05, 0.1) is 18.2 Å². The minimum atomic E-state index is -1.05. The average molecular weight is 269 g/mol. The Hall–Kier alpha value is -1.37. The van der Waals surface area contributed by atoms with Gasteiger partial charge in [-0.05, 0) is 19.1 Å². The second-order valence-corrected chi connectivity index (χ2v) is 4.69. The molecule has 1 aliphatic rings. The zero-order valence-electron chi connectivity index (χ0n) is 11.3. The lowest BCUT2D eigenvalue weighted by Crippen LogP contribution is -2.27. The molecule has 1 saturated heterocycles. The highest BCUT2D eigenvalue weighted by molar-refractivity contribution is 5.84. The van der Waals surface area contributed by atoms with Crippen LogP contribution >= 0.6 is 0 Å². The highest BCUT2D eigenvalue weighted by Crippen LogP contribution is 2.28. The van der Waals surface area contributed by atoms with Gasteiger partial charge in [0.25, 0.3) is 0 Å². The summed E-state index contributed by atoms with van der Waals surface area (Å²) >= 11 is 0. The summed E-state index contributed by atoms with van der Waals surface area (Å²) in [6.45, 7) is 3.45. The van der Waals surface area contributed by atoms with Gasteiger partial charge in [0.15, 0.2) is 0 Å². The largest absolute Gasteiger partial charge is 0.475 e. The Morgan fingerprint density at radius 2 is 1.95 bits per heavy atom. The molecule has 1 N–H and O–H groups in total. The van der Waals surface area contributed by atoms with Gasteiger partial charge in [0, 0.05) is 27.3 Å². The summed E-state index contributed by atoms with van der Waals surface area (Å²) in [5.41, 5.74) is 0. The fourth-order valence-electron chi connectivity index (χ4n) is 2.41. The normalized spacial score (nSPS) is 25.6. The quantitative estimate of drug-likeness (QED) is 0.870. The molecule has 106 valence electrons. The van der Waals surface area contributed by atoms with E-state index in [0.29, 0.717) is 5.76 Å². The maximum Gasteiger partial charge on any atom is 0.371 e. The maximum atomic E-state index is 10.8. The van der Waals surface area contributed by atoms with E-state index in [1.54, 1.807) is 20.3 Å². The van der Waals surface area contributed by atoms with Crippen LogP contribution in [0.25, 0.3) is 0 Å². The second-order valence-electron chi connectivity index (χ2n) is 4.69. The molecule has 6 nitrogen and oxygen atoms in total. The van der Waals surface area contributed by atoms with E-state index in [-0.39, 0.29) is 24.0 Å². The molecule has 3 unspecified atom stereocenters. The molecule has 0 spiro atoms. The number of hydrogen-bond donors (Lipinski definition) is 1. The molecule has 1 aromatic heterocycles. The highest BCUT2D eigenvalue weighted by atomic mass is 16.5. The Labute approximate surface area is 111 Å². The molecular weight excluding hydrogens is 250 g/mol. The number of nitrogens with zero attached hydrogens (tertiary/aromatic N) is 1. The Balaban J connectivity index is 2.07. The fraction of sp³-hybridized carbons (Fsp3) is 0.615. The van der Waals surface area contributed by atoms with Crippen molar-refractivity contribution in [2.45, 2.75) is 25.2 Å². The van der Waals surface area contributed by atoms with Crippen molar-refractivity contribution in [2.75, 3.05) is 27.3 Å². The lowest BCUT2D eigenvalue weighted by molar-refractivity contribution is -0.00461. The first-order chi connectivity index (χ1) is 9.06. The van der Waals surface area contributed by atoms with Crippen LogP contribution in [0.5, 0.6) is 0 Å². The van der Waals surface area contributed by atoms with Crippen molar-refractivity contribution in [3.8, 4) is 0 Å². The zero-order chi connectivity index (χ0) is 14.0. The Kier molecular flexibility index (Phi) is 4.24. The molecule has 19 heavy (non-hydrogen) atoms. The number of likely N-dealkylation sites (tertiary alicyclic amines) is 1. The van der Waals surface area contributed by atoms with Crippen molar-refractivity contribution in [2.24, 2.45) is 0 Å². The third-order valence-electron chi connectivity index (χ3n) is 3.65. The molecule has 0 bridgehead atoms. The molecule has 0 saturated carbocycles. The lowest BCUT2D eigenvalue weighted by Gasteiger charge is -2.21. The standard InChI is InChI=1S/C13H19NO5/c1-8(9-4-5-10(19-9)13(15)16)14-6-11(17-2)12(7-14)18-3/h4-5,8,11-12H,6-7H2,1-3H3,(H,15,16). The lowest BCUT2D eigenvalue weighted by atomic mass is 10.2. The Morgan fingerprint density at radius 1 is 1.37 bits per heavy atom. The number of aromatic carboxylic acids is 1. The van der Waals surface area contributed by atoms with Crippen LogP contribution in [0.1, 0.15) is 29.3 Å². The van der Waals surface area contributed by atoms with E-state index in [4.69, 9.17) is 19.0 Å². The molecule has 0 aliphatic carbocycles. The topological polar surface area (TPSA) is 72.1 Å². The number of methoxy groups -OCH3 is 2. The Bertz CT molecular complexity index is 432. The van der Waals surface area contributed by atoms with E-state index in [1.165, 1.54) is 6.07 Å². The van der Waals surface area contributed by atoms with Gasteiger partial charge in [-0.15, -0.1) is 0 Å². The minimum Gasteiger partial charge on any atom is -0.475 e. The zero-order valence-corrected chi connectivity index (χ0v) is 11.3. The van der Waals surface area contributed by atoms with Gasteiger partial charge in [-0.2, -0.15) is 0 Å². The van der Waals surface area contributed by atoms with Crippen LogP contribution in [0.2, 0.25) is 0 Å². The van der Waals surface area contributed by atoms with Gasteiger partial charge in [-0.3, -0.25) is 4.90 Å². The van der Waals surface area contributed by atoms with E-state index >= 15 is 0 Å². The smallest absolute Gasteiger partial charge is 0.371 e. The third-order valence-corrected chi connectivity index (χ3v) is 3.65. The number of furan rings is 1. The van der Waals surface area contributed by atoms with Crippen molar-refractivity contribution in [1.82, 2.24) is 4.90 Å². The van der Waals surface area contributed by atoms with Crippen molar-refractivity contribution in [3.05, 3.63) is 23.7 Å². The maximum absolute atomic E-state index is 10.8. The Morgan fingerprint density at radius 3 is 2.37 bits per heavy atom. The van der Waals surface area contributed by atoms with E-state index in [0.717, 1.165) is 13.1 Å². The van der Waals surface area contributed by atoms with Crippen molar-refractivity contribution in [3.63, 3.8) is 0 Å². The highest BCUT2D eigenvalue weighted by Gasteiger charge is 2.36. The first kappa shape index (κ1) is 14.0. The summed E-state index contributed by atoms with van der Waals surface area (Å²) in [7, 11) is 3.33. The van der Waals surface area contributed by atoms with Crippen LogP contribution in [-0.2, 0) is 9.47 Å². The summed E-state index contributed by atoms with van der Waals surface area (Å²) in [5.74, 6) is -0.443. The number of carboxylic acid groups (broad SMARTS) is 1. The van der Waals surface area contributed by atoms with E-state index in [9.17, 15) is 4.79 Å². The van der Waals surface area contributed by atoms with E-state index in [2.05, 4.69) is 4.90 Å². The predicted octanol–water partition coefficient (Wildman–Crippen LogP) is 1.38. The van der Waals surface area contributed by atoms with Crippen molar-refractivity contribution in [1.29, 1.82) is 0 Å². The van der Waals surface area contributed by atoms with Gasteiger partial charge in [0.2, 0.25) is 5.76 Å². The van der Waals surface area contributed by atoms with Crippen LogP contribution < -0.4 is 0 Å². The number of carbonyl (C=O) groups is 1. The molecule has 2 rings (SSSR count). The van der Waals surface area contributed by atoms with Gasteiger partial charge >= 0.3 is 5.97 Å². The SMILES string of the molecule is COC1CN(C(C)c2ccc(C(=O)O)o2)CC1OC. The number of carboxylic acids is 1. The van der Waals surface area contributed by atoms with Crippen molar-refractivity contribution < 1.29 is 23.8 Å². The molecule has 6 heteroatoms. The molecule has 0 radical (unpaired) electrons. The number of ether oxygens (including phenoxy) is 2. The molecule has 0 aromatic carbocycles. The molecular formula is C13H19NO5. The number of hydrogen-bond acceptors (Lipinski definition) is 5. The van der Waals surface area contributed by atoms with Crippen LogP contribution in [0.4, 0.5) is 0 Å². The monoisotopic (exact) mass is 269 g/mol. The van der Waals surface area contributed by atoms with Crippen molar-refractivity contribution >= 4 is 5.97 Å². The van der Waals surface area contributed by atoms with Crippen LogP contribution in [0.15, 0.2) is 16.5 Å². The second kappa shape index (κ2) is 5.73. The summed E-state index contributed by atoms with van der Waals surface area (Å²) in [4.78, 5) is 13.0. The minimum absolute atomic E-state index is 0.00843. The van der Waals surface area contributed by atoms with Crippen LogP contribution in [-0.4, -0.2) is 55.5 Å². The molecule has 3 atom stereocenters. The molecule has 0 amide bonds. The van der Waals surface area contributed by atoms with Gasteiger partial charge in [-0.25, -0.2) is 4.79 Å². The summed E-state index contributed by atoms with van der Waals surface area (Å²) < 4.78 is 16.1.